The van der Waals surface area contributed by atoms with Crippen molar-refractivity contribution >= 4 is 11.0 Å². The number of ether oxygens (including phenoxy) is 1. The van der Waals surface area contributed by atoms with Gasteiger partial charge in [-0.05, 0) is 26.2 Å². The molecule has 0 radical (unpaired) electrons. The van der Waals surface area contributed by atoms with E-state index >= 15 is 0 Å². The molecule has 4 heteroatoms. The number of hydrogen-bond donors (Lipinski definition) is 0. The normalized spacial score (nSPS) is 11.2. The highest BCUT2D eigenvalue weighted by atomic mass is 16.5. The molecular weight excluding hydrogens is 202 g/mol. The van der Waals surface area contributed by atoms with Gasteiger partial charge in [0.2, 0.25) is 0 Å². The highest BCUT2D eigenvalue weighted by Gasteiger charge is 2.04. The van der Waals surface area contributed by atoms with Gasteiger partial charge in [0.15, 0.2) is 0 Å². The summed E-state index contributed by atoms with van der Waals surface area (Å²) in [6.45, 7) is 1.94. The minimum atomic E-state index is 0.874. The van der Waals surface area contributed by atoms with Crippen molar-refractivity contribution < 1.29 is 4.74 Å². The Balaban J connectivity index is 2.30. The van der Waals surface area contributed by atoms with Crippen LogP contribution in [0.4, 0.5) is 0 Å². The van der Waals surface area contributed by atoms with Crippen molar-refractivity contribution in [2.45, 2.75) is 6.54 Å². The van der Waals surface area contributed by atoms with Gasteiger partial charge in [0.05, 0.1) is 24.5 Å². The maximum atomic E-state index is 5.22. The molecule has 0 aliphatic heterocycles. The Morgan fingerprint density at radius 2 is 2.19 bits per heavy atom. The monoisotopic (exact) mass is 219 g/mol. The van der Waals surface area contributed by atoms with Crippen molar-refractivity contribution in [3.63, 3.8) is 0 Å². The molecule has 2 aromatic rings. The second-order valence-corrected chi connectivity index (χ2v) is 4.10. The van der Waals surface area contributed by atoms with Crippen LogP contribution >= 0.6 is 0 Å². The first-order valence-electron chi connectivity index (χ1n) is 5.34. The summed E-state index contributed by atoms with van der Waals surface area (Å²) in [4.78, 5) is 6.52. The van der Waals surface area contributed by atoms with Crippen LogP contribution in [0.3, 0.4) is 0 Å². The van der Waals surface area contributed by atoms with Crippen LogP contribution in [0.1, 0.15) is 0 Å². The first-order chi connectivity index (χ1) is 7.70. The molecular formula is C12H17N3O. The fourth-order valence-corrected chi connectivity index (χ4v) is 1.65. The van der Waals surface area contributed by atoms with Crippen LogP contribution < -0.4 is 4.74 Å². The molecule has 0 N–H and O–H groups in total. The van der Waals surface area contributed by atoms with Gasteiger partial charge in [-0.25, -0.2) is 4.98 Å². The molecule has 86 valence electrons. The van der Waals surface area contributed by atoms with Gasteiger partial charge in [-0.15, -0.1) is 0 Å². The van der Waals surface area contributed by atoms with Gasteiger partial charge >= 0.3 is 0 Å². The zero-order valence-electron chi connectivity index (χ0n) is 9.97. The average molecular weight is 219 g/mol. The predicted octanol–water partition coefficient (Wildman–Crippen LogP) is 1.61. The van der Waals surface area contributed by atoms with Crippen molar-refractivity contribution in [1.82, 2.24) is 14.5 Å². The summed E-state index contributed by atoms with van der Waals surface area (Å²) in [5.74, 6) is 0.874. The van der Waals surface area contributed by atoms with Gasteiger partial charge in [0.25, 0.3) is 0 Å². The maximum absolute atomic E-state index is 5.22. The summed E-state index contributed by atoms with van der Waals surface area (Å²) in [5.41, 5.74) is 2.14. The molecule has 1 heterocycles. The minimum Gasteiger partial charge on any atom is -0.497 e. The summed E-state index contributed by atoms with van der Waals surface area (Å²) in [7, 11) is 5.82. The fraction of sp³-hybridized carbons (Fsp3) is 0.417. The zero-order valence-corrected chi connectivity index (χ0v) is 9.97. The Kier molecular flexibility index (Phi) is 3.10. The van der Waals surface area contributed by atoms with E-state index in [2.05, 4.69) is 28.5 Å². The van der Waals surface area contributed by atoms with Crippen LogP contribution in [-0.4, -0.2) is 42.2 Å². The number of nitrogens with zero attached hydrogens (tertiary/aromatic N) is 3. The van der Waals surface area contributed by atoms with Crippen LogP contribution in [-0.2, 0) is 6.54 Å². The summed E-state index contributed by atoms with van der Waals surface area (Å²) in [5, 5.41) is 0. The molecule has 4 nitrogen and oxygen atoms in total. The van der Waals surface area contributed by atoms with Gasteiger partial charge in [-0.3, -0.25) is 0 Å². The first-order valence-corrected chi connectivity index (χ1v) is 5.34. The Hall–Kier alpha value is -1.55. The standard InChI is InChI=1S/C12H17N3O/c1-14(2)6-7-15-9-13-11-5-4-10(16-3)8-12(11)15/h4-5,8-9H,6-7H2,1-3H3. The Morgan fingerprint density at radius 1 is 1.38 bits per heavy atom. The summed E-state index contributed by atoms with van der Waals surface area (Å²) >= 11 is 0. The number of imidazole rings is 1. The van der Waals surface area contributed by atoms with Crippen LogP contribution in [0.2, 0.25) is 0 Å². The smallest absolute Gasteiger partial charge is 0.121 e. The van der Waals surface area contributed by atoms with Crippen molar-refractivity contribution in [2.24, 2.45) is 0 Å². The van der Waals surface area contributed by atoms with Crippen molar-refractivity contribution in [2.75, 3.05) is 27.7 Å². The van der Waals surface area contributed by atoms with Gasteiger partial charge in [0, 0.05) is 19.2 Å². The van der Waals surface area contributed by atoms with E-state index < -0.39 is 0 Å². The Morgan fingerprint density at radius 3 is 2.88 bits per heavy atom. The third-order valence-corrected chi connectivity index (χ3v) is 2.62. The van der Waals surface area contributed by atoms with Crippen LogP contribution in [0, 0.1) is 0 Å². The SMILES string of the molecule is COc1ccc2ncn(CCN(C)C)c2c1. The van der Waals surface area contributed by atoms with Crippen LogP contribution in [0.25, 0.3) is 11.0 Å². The van der Waals surface area contributed by atoms with Crippen molar-refractivity contribution in [3.05, 3.63) is 24.5 Å². The van der Waals surface area contributed by atoms with Crippen molar-refractivity contribution in [3.8, 4) is 5.75 Å². The zero-order chi connectivity index (χ0) is 11.5. The highest BCUT2D eigenvalue weighted by Crippen LogP contribution is 2.19. The quantitative estimate of drug-likeness (QED) is 0.782. The number of benzene rings is 1. The summed E-state index contributed by atoms with van der Waals surface area (Å²) in [6, 6.07) is 5.95. The molecule has 0 bridgehead atoms. The molecule has 1 aromatic heterocycles. The van der Waals surface area contributed by atoms with E-state index in [1.165, 1.54) is 0 Å². The minimum absolute atomic E-state index is 0.874. The molecule has 0 aliphatic carbocycles. The molecule has 0 fully saturated rings. The largest absolute Gasteiger partial charge is 0.497 e. The lowest BCUT2D eigenvalue weighted by Gasteiger charge is -2.10. The number of likely N-dealkylation sites (N-methyl/N-ethyl adjacent to an activating group) is 1. The second-order valence-electron chi connectivity index (χ2n) is 4.10. The van der Waals surface area contributed by atoms with Crippen molar-refractivity contribution in [1.29, 1.82) is 0 Å². The molecule has 0 saturated heterocycles. The molecule has 0 amide bonds. The van der Waals surface area contributed by atoms with Crippen LogP contribution in [0.15, 0.2) is 24.5 Å². The number of aromatic nitrogens is 2. The van der Waals surface area contributed by atoms with Gasteiger partial charge in [0.1, 0.15) is 5.75 Å². The topological polar surface area (TPSA) is 30.3 Å². The lowest BCUT2D eigenvalue weighted by Crippen LogP contribution is -2.17. The van der Waals surface area contributed by atoms with Crippen LogP contribution in [0.5, 0.6) is 5.75 Å². The molecule has 0 atom stereocenters. The number of methoxy groups -OCH3 is 1. The molecule has 0 aliphatic rings. The van der Waals surface area contributed by atoms with E-state index in [0.29, 0.717) is 0 Å². The van der Waals surface area contributed by atoms with E-state index in [4.69, 9.17) is 4.74 Å². The maximum Gasteiger partial charge on any atom is 0.121 e. The molecule has 1 aromatic carbocycles. The average Bonchev–Trinajstić information content (AvgIpc) is 2.68. The number of fused-ring (bicyclic) bond motifs is 1. The molecule has 0 unspecified atom stereocenters. The Bertz CT molecular complexity index is 476. The van der Waals surface area contributed by atoms with E-state index in [-0.39, 0.29) is 0 Å². The fourth-order valence-electron chi connectivity index (χ4n) is 1.65. The third-order valence-electron chi connectivity index (χ3n) is 2.62. The summed E-state index contributed by atoms with van der Waals surface area (Å²) < 4.78 is 7.37. The lowest BCUT2D eigenvalue weighted by atomic mass is 10.3. The van der Waals surface area contributed by atoms with Gasteiger partial charge < -0.3 is 14.2 Å². The van der Waals surface area contributed by atoms with E-state index in [9.17, 15) is 0 Å². The summed E-state index contributed by atoms with van der Waals surface area (Å²) in [6.07, 6.45) is 1.88. The number of rotatable bonds is 4. The van der Waals surface area contributed by atoms with Gasteiger partial charge in [-0.2, -0.15) is 0 Å². The third kappa shape index (κ3) is 2.17. The molecule has 16 heavy (non-hydrogen) atoms. The van der Waals surface area contributed by atoms with E-state index in [1.807, 2.05) is 24.5 Å². The van der Waals surface area contributed by atoms with Gasteiger partial charge in [-0.1, -0.05) is 0 Å². The first kappa shape index (κ1) is 11.0. The predicted molar refractivity (Wildman–Crippen MR) is 64.8 cm³/mol. The molecule has 0 spiro atoms. The molecule has 2 rings (SSSR count). The molecule has 0 saturated carbocycles. The van der Waals surface area contributed by atoms with E-state index in [0.717, 1.165) is 29.9 Å². The Labute approximate surface area is 95.4 Å². The highest BCUT2D eigenvalue weighted by molar-refractivity contribution is 5.77. The number of hydrogen-bond acceptors (Lipinski definition) is 3. The lowest BCUT2D eigenvalue weighted by molar-refractivity contribution is 0.386. The second kappa shape index (κ2) is 4.53. The van der Waals surface area contributed by atoms with E-state index in [1.54, 1.807) is 7.11 Å².